The average Bonchev–Trinajstić information content (AvgIpc) is 2.42. The van der Waals surface area contributed by atoms with Gasteiger partial charge in [-0.25, -0.2) is 0 Å². The summed E-state index contributed by atoms with van der Waals surface area (Å²) in [4.78, 5) is 0. The smallest absolute Gasteiger partial charge is 0.00611 e. The molecule has 0 N–H and O–H groups in total. The SMILES string of the molecule is C=C/C(C)=C\C1=C(C)C(CC)=C(C)C1. The lowest BCUT2D eigenvalue weighted by Gasteiger charge is -2.01. The highest BCUT2D eigenvalue weighted by molar-refractivity contribution is 5.50. The van der Waals surface area contributed by atoms with Crippen molar-refractivity contribution in [2.24, 2.45) is 0 Å². The number of hydrogen-bond donors (Lipinski definition) is 0. The van der Waals surface area contributed by atoms with Crippen molar-refractivity contribution in [3.8, 4) is 0 Å². The molecule has 0 bridgehead atoms. The van der Waals surface area contributed by atoms with E-state index in [4.69, 9.17) is 0 Å². The van der Waals surface area contributed by atoms with E-state index in [0.29, 0.717) is 0 Å². The summed E-state index contributed by atoms with van der Waals surface area (Å²) in [5.74, 6) is 0. The summed E-state index contributed by atoms with van der Waals surface area (Å²) in [6.07, 6.45) is 6.45. The molecule has 0 atom stereocenters. The van der Waals surface area contributed by atoms with Crippen LogP contribution in [0, 0.1) is 0 Å². The Kier molecular flexibility index (Phi) is 3.51. The fourth-order valence-corrected chi connectivity index (χ4v) is 2.10. The van der Waals surface area contributed by atoms with Crippen LogP contribution in [-0.4, -0.2) is 0 Å². The van der Waals surface area contributed by atoms with Crippen LogP contribution in [0.15, 0.2) is 46.6 Å². The second kappa shape index (κ2) is 4.45. The molecule has 0 saturated carbocycles. The van der Waals surface area contributed by atoms with E-state index < -0.39 is 0 Å². The first-order valence-electron chi connectivity index (χ1n) is 5.29. The first kappa shape index (κ1) is 11.0. The van der Waals surface area contributed by atoms with E-state index in [0.717, 1.165) is 12.8 Å². The third-order valence-electron chi connectivity index (χ3n) is 2.98. The van der Waals surface area contributed by atoms with Crippen LogP contribution in [0.3, 0.4) is 0 Å². The van der Waals surface area contributed by atoms with Crippen LogP contribution >= 0.6 is 0 Å². The standard InChI is InChI=1S/C14H20/c1-6-10(3)8-13-9-11(4)14(7-2)12(13)5/h6,8H,1,7,9H2,2-5H3/b10-8-. The van der Waals surface area contributed by atoms with E-state index in [-0.39, 0.29) is 0 Å². The van der Waals surface area contributed by atoms with E-state index in [2.05, 4.69) is 40.3 Å². The lowest BCUT2D eigenvalue weighted by atomic mass is 10.0. The van der Waals surface area contributed by atoms with Gasteiger partial charge in [0, 0.05) is 0 Å². The fraction of sp³-hybridized carbons (Fsp3) is 0.429. The van der Waals surface area contributed by atoms with Gasteiger partial charge in [0.15, 0.2) is 0 Å². The van der Waals surface area contributed by atoms with Gasteiger partial charge in [0.05, 0.1) is 0 Å². The van der Waals surface area contributed by atoms with Gasteiger partial charge in [-0.15, -0.1) is 0 Å². The van der Waals surface area contributed by atoms with Crippen LogP contribution in [0.25, 0.3) is 0 Å². The molecule has 0 fully saturated rings. The molecule has 0 spiro atoms. The molecule has 1 aliphatic carbocycles. The van der Waals surface area contributed by atoms with Crippen LogP contribution in [-0.2, 0) is 0 Å². The Morgan fingerprint density at radius 2 is 2.07 bits per heavy atom. The van der Waals surface area contributed by atoms with Gasteiger partial charge >= 0.3 is 0 Å². The van der Waals surface area contributed by atoms with Crippen LogP contribution in [0.1, 0.15) is 40.5 Å². The number of allylic oxidation sites excluding steroid dienone is 7. The molecule has 0 heterocycles. The van der Waals surface area contributed by atoms with Crippen LogP contribution in [0.4, 0.5) is 0 Å². The fourth-order valence-electron chi connectivity index (χ4n) is 2.10. The van der Waals surface area contributed by atoms with E-state index in [1.54, 1.807) is 5.57 Å². The normalized spacial score (nSPS) is 18.1. The Labute approximate surface area is 87.7 Å². The predicted octanol–water partition coefficient (Wildman–Crippen LogP) is 4.57. The third-order valence-corrected chi connectivity index (χ3v) is 2.98. The third kappa shape index (κ3) is 2.06. The molecule has 0 nitrogen and oxygen atoms in total. The Morgan fingerprint density at radius 3 is 2.50 bits per heavy atom. The van der Waals surface area contributed by atoms with Crippen molar-refractivity contribution in [3.05, 3.63) is 46.6 Å². The Balaban J connectivity index is 2.98. The van der Waals surface area contributed by atoms with Crippen molar-refractivity contribution in [1.82, 2.24) is 0 Å². The van der Waals surface area contributed by atoms with Crippen molar-refractivity contribution in [2.75, 3.05) is 0 Å². The van der Waals surface area contributed by atoms with E-state index in [9.17, 15) is 0 Å². The quantitative estimate of drug-likeness (QED) is 0.569. The minimum atomic E-state index is 1.13. The highest BCUT2D eigenvalue weighted by Crippen LogP contribution is 2.34. The highest BCUT2D eigenvalue weighted by Gasteiger charge is 2.15. The highest BCUT2D eigenvalue weighted by atomic mass is 14.2. The van der Waals surface area contributed by atoms with Crippen LogP contribution < -0.4 is 0 Å². The van der Waals surface area contributed by atoms with Gasteiger partial charge in [-0.05, 0) is 50.3 Å². The van der Waals surface area contributed by atoms with Crippen LogP contribution in [0.2, 0.25) is 0 Å². The van der Waals surface area contributed by atoms with Gasteiger partial charge in [-0.3, -0.25) is 0 Å². The number of hydrogen-bond acceptors (Lipinski definition) is 0. The van der Waals surface area contributed by atoms with Gasteiger partial charge in [-0.1, -0.05) is 36.8 Å². The molecule has 0 unspecified atom stereocenters. The molecule has 0 amide bonds. The molecule has 14 heavy (non-hydrogen) atoms. The average molecular weight is 188 g/mol. The van der Waals surface area contributed by atoms with Crippen LogP contribution in [0.5, 0.6) is 0 Å². The molecule has 0 aliphatic heterocycles. The second-order valence-electron chi connectivity index (χ2n) is 4.03. The Bertz CT molecular complexity index is 335. The molecule has 1 aliphatic rings. The lowest BCUT2D eigenvalue weighted by Crippen LogP contribution is -1.82. The molecular weight excluding hydrogens is 168 g/mol. The Morgan fingerprint density at radius 1 is 1.43 bits per heavy atom. The molecular formula is C14H20. The van der Waals surface area contributed by atoms with Gasteiger partial charge in [0.2, 0.25) is 0 Å². The zero-order valence-corrected chi connectivity index (χ0v) is 9.78. The minimum absolute atomic E-state index is 1.13. The molecule has 0 saturated heterocycles. The van der Waals surface area contributed by atoms with Crippen molar-refractivity contribution >= 4 is 0 Å². The van der Waals surface area contributed by atoms with Crippen molar-refractivity contribution in [3.63, 3.8) is 0 Å². The summed E-state index contributed by atoms with van der Waals surface area (Å²) in [5, 5.41) is 0. The molecule has 0 heteroatoms. The lowest BCUT2D eigenvalue weighted by molar-refractivity contribution is 1.08. The summed E-state index contributed by atoms with van der Waals surface area (Å²) in [5.41, 5.74) is 7.29. The first-order valence-corrected chi connectivity index (χ1v) is 5.29. The largest absolute Gasteiger partial charge is 0.0988 e. The zero-order chi connectivity index (χ0) is 10.7. The van der Waals surface area contributed by atoms with E-state index in [1.165, 1.54) is 22.3 Å². The monoisotopic (exact) mass is 188 g/mol. The zero-order valence-electron chi connectivity index (χ0n) is 9.78. The van der Waals surface area contributed by atoms with E-state index in [1.807, 2.05) is 6.08 Å². The van der Waals surface area contributed by atoms with Gasteiger partial charge in [0.1, 0.15) is 0 Å². The second-order valence-corrected chi connectivity index (χ2v) is 4.03. The van der Waals surface area contributed by atoms with Gasteiger partial charge in [-0.2, -0.15) is 0 Å². The molecule has 76 valence electrons. The molecule has 0 radical (unpaired) electrons. The summed E-state index contributed by atoms with van der Waals surface area (Å²) in [6, 6.07) is 0. The molecule has 0 aromatic heterocycles. The maximum Gasteiger partial charge on any atom is -0.00611 e. The summed E-state index contributed by atoms with van der Waals surface area (Å²) < 4.78 is 0. The molecule has 0 aromatic carbocycles. The maximum atomic E-state index is 3.78. The van der Waals surface area contributed by atoms with Crippen molar-refractivity contribution in [1.29, 1.82) is 0 Å². The van der Waals surface area contributed by atoms with Crippen molar-refractivity contribution in [2.45, 2.75) is 40.5 Å². The first-order chi connectivity index (χ1) is 6.60. The molecule has 0 aromatic rings. The summed E-state index contributed by atoms with van der Waals surface area (Å²) in [7, 11) is 0. The summed E-state index contributed by atoms with van der Waals surface area (Å²) in [6.45, 7) is 12.6. The van der Waals surface area contributed by atoms with Gasteiger partial charge in [0.25, 0.3) is 0 Å². The summed E-state index contributed by atoms with van der Waals surface area (Å²) >= 11 is 0. The predicted molar refractivity (Wildman–Crippen MR) is 64.3 cm³/mol. The number of rotatable bonds is 3. The Hall–Kier alpha value is -1.04. The van der Waals surface area contributed by atoms with Crippen molar-refractivity contribution < 1.29 is 0 Å². The van der Waals surface area contributed by atoms with Gasteiger partial charge < -0.3 is 0 Å². The maximum absolute atomic E-state index is 3.78. The van der Waals surface area contributed by atoms with E-state index >= 15 is 0 Å². The topological polar surface area (TPSA) is 0 Å². The minimum Gasteiger partial charge on any atom is -0.0988 e. The molecule has 1 rings (SSSR count).